The van der Waals surface area contributed by atoms with Crippen LogP contribution in [0.15, 0.2) is 0 Å². The number of hydrogen-bond donors (Lipinski definition) is 1. The largest absolute Gasteiger partial charge is 0.453 e. The van der Waals surface area contributed by atoms with E-state index in [0.717, 1.165) is 12.8 Å². The molecule has 1 N–H and O–H groups in total. The highest BCUT2D eigenvalue weighted by Crippen LogP contribution is 2.11. The zero-order valence-corrected chi connectivity index (χ0v) is 11.2. The van der Waals surface area contributed by atoms with Crippen molar-refractivity contribution < 1.29 is 14.6 Å². The van der Waals surface area contributed by atoms with E-state index in [9.17, 15) is 9.90 Å². The molecule has 17 heavy (non-hydrogen) atoms. The highest BCUT2D eigenvalue weighted by atomic mass is 16.5. The van der Waals surface area contributed by atoms with Gasteiger partial charge in [-0.15, -0.1) is 0 Å². The number of unbranched alkanes of at least 4 members (excludes halogenated alkanes) is 3. The maximum absolute atomic E-state index is 10.5. The first-order valence-electron chi connectivity index (χ1n) is 6.37. The Morgan fingerprint density at radius 2 is 2.06 bits per heavy atom. The van der Waals surface area contributed by atoms with Gasteiger partial charge in [-0.05, 0) is 13.3 Å². The molecule has 2 atom stereocenters. The summed E-state index contributed by atoms with van der Waals surface area (Å²) in [5.74, 6) is 5.26. The molecule has 3 heteroatoms. The van der Waals surface area contributed by atoms with Gasteiger partial charge >= 0.3 is 5.97 Å². The van der Waals surface area contributed by atoms with Crippen LogP contribution >= 0.6 is 0 Å². The van der Waals surface area contributed by atoms with Gasteiger partial charge < -0.3 is 9.84 Å². The fourth-order valence-electron chi connectivity index (χ4n) is 1.47. The van der Waals surface area contributed by atoms with Crippen LogP contribution in [0.3, 0.4) is 0 Å². The predicted octanol–water partition coefficient (Wildman–Crippen LogP) is 2.52. The normalized spacial score (nSPS) is 13.4. The molecule has 0 radical (unpaired) electrons. The summed E-state index contributed by atoms with van der Waals surface area (Å²) >= 11 is 0. The topological polar surface area (TPSA) is 46.5 Å². The Morgan fingerprint density at radius 3 is 2.65 bits per heavy atom. The second-order valence-electron chi connectivity index (χ2n) is 4.31. The van der Waals surface area contributed by atoms with Gasteiger partial charge in [0, 0.05) is 12.8 Å². The van der Waals surface area contributed by atoms with Gasteiger partial charge in [0.1, 0.15) is 0 Å². The Labute approximate surface area is 105 Å². The molecule has 98 valence electrons. The molecule has 0 unspecified atom stereocenters. The van der Waals surface area contributed by atoms with E-state index >= 15 is 0 Å². The van der Waals surface area contributed by atoms with Crippen LogP contribution in [0.5, 0.6) is 0 Å². The summed E-state index contributed by atoms with van der Waals surface area (Å²) in [6.07, 6.45) is 5.06. The molecule has 0 aromatic carbocycles. The standard InChI is InChI=1S/C14H24O3/c1-4-5-6-7-10-14(16)12(2)9-8-11-17-13(3)15/h12,14,16H,4-7,10-11H2,1-3H3/t12-,14+/m0/s1. The first kappa shape index (κ1) is 16.0. The molecule has 0 rings (SSSR count). The number of carbonyl (C=O) groups excluding carboxylic acids is 1. The lowest BCUT2D eigenvalue weighted by Gasteiger charge is -2.13. The second-order valence-corrected chi connectivity index (χ2v) is 4.31. The molecule has 0 aliphatic heterocycles. The number of aliphatic hydroxyl groups is 1. The SMILES string of the molecule is CCCCCC[C@@H](O)[C@@H](C)C#CCOC(C)=O. The number of rotatable bonds is 7. The van der Waals surface area contributed by atoms with Crippen molar-refractivity contribution in [2.45, 2.75) is 59.0 Å². The lowest BCUT2D eigenvalue weighted by Crippen LogP contribution is -2.16. The van der Waals surface area contributed by atoms with Gasteiger partial charge in [-0.25, -0.2) is 0 Å². The average Bonchev–Trinajstić information content (AvgIpc) is 2.29. The van der Waals surface area contributed by atoms with Crippen molar-refractivity contribution in [3.63, 3.8) is 0 Å². The second kappa shape index (κ2) is 10.2. The number of ether oxygens (including phenoxy) is 1. The molecule has 0 heterocycles. The molecule has 0 aliphatic rings. The smallest absolute Gasteiger partial charge is 0.303 e. The van der Waals surface area contributed by atoms with Crippen LogP contribution in [0.1, 0.15) is 52.9 Å². The number of carbonyl (C=O) groups is 1. The molecule has 3 nitrogen and oxygen atoms in total. The maximum atomic E-state index is 10.5. The Bertz CT molecular complexity index is 262. The lowest BCUT2D eigenvalue weighted by molar-refractivity contribution is -0.139. The van der Waals surface area contributed by atoms with Gasteiger partial charge in [0.15, 0.2) is 6.61 Å². The van der Waals surface area contributed by atoms with Crippen molar-refractivity contribution in [2.24, 2.45) is 5.92 Å². The third kappa shape index (κ3) is 9.89. The number of esters is 1. The molecule has 0 saturated carbocycles. The zero-order chi connectivity index (χ0) is 13.1. The van der Waals surface area contributed by atoms with Crippen LogP contribution in [0, 0.1) is 17.8 Å². The van der Waals surface area contributed by atoms with E-state index in [-0.39, 0.29) is 24.6 Å². The van der Waals surface area contributed by atoms with Crippen molar-refractivity contribution in [2.75, 3.05) is 6.61 Å². The van der Waals surface area contributed by atoms with Crippen molar-refractivity contribution in [1.82, 2.24) is 0 Å². The Morgan fingerprint density at radius 1 is 1.35 bits per heavy atom. The summed E-state index contributed by atoms with van der Waals surface area (Å²) in [4.78, 5) is 10.5. The van der Waals surface area contributed by atoms with E-state index in [1.54, 1.807) is 0 Å². The van der Waals surface area contributed by atoms with Crippen LogP contribution < -0.4 is 0 Å². The van der Waals surface area contributed by atoms with E-state index < -0.39 is 0 Å². The molecule has 0 bridgehead atoms. The van der Waals surface area contributed by atoms with Crippen LogP contribution in [-0.4, -0.2) is 23.8 Å². The van der Waals surface area contributed by atoms with Crippen LogP contribution in [0.25, 0.3) is 0 Å². The Hall–Kier alpha value is -1.01. The zero-order valence-electron chi connectivity index (χ0n) is 11.2. The van der Waals surface area contributed by atoms with Crippen molar-refractivity contribution in [1.29, 1.82) is 0 Å². The first-order valence-corrected chi connectivity index (χ1v) is 6.37. The van der Waals surface area contributed by atoms with E-state index in [1.165, 1.54) is 26.2 Å². The molecule has 0 amide bonds. The molecular weight excluding hydrogens is 216 g/mol. The van der Waals surface area contributed by atoms with Gasteiger partial charge in [0.05, 0.1) is 6.10 Å². The summed E-state index contributed by atoms with van der Waals surface area (Å²) in [7, 11) is 0. The highest BCUT2D eigenvalue weighted by Gasteiger charge is 2.10. The fraction of sp³-hybridized carbons (Fsp3) is 0.786. The van der Waals surface area contributed by atoms with Gasteiger partial charge in [-0.3, -0.25) is 4.79 Å². The Kier molecular flexibility index (Phi) is 9.56. The van der Waals surface area contributed by atoms with E-state index in [1.807, 2.05) is 6.92 Å². The van der Waals surface area contributed by atoms with Crippen molar-refractivity contribution in [3.05, 3.63) is 0 Å². The number of hydrogen-bond acceptors (Lipinski definition) is 3. The number of aliphatic hydroxyl groups excluding tert-OH is 1. The van der Waals surface area contributed by atoms with Crippen molar-refractivity contribution >= 4 is 5.97 Å². The monoisotopic (exact) mass is 240 g/mol. The van der Waals surface area contributed by atoms with Crippen molar-refractivity contribution in [3.8, 4) is 11.8 Å². The molecule has 0 saturated heterocycles. The minimum Gasteiger partial charge on any atom is -0.453 e. The minimum atomic E-state index is -0.378. The summed E-state index contributed by atoms with van der Waals surface area (Å²) in [5.41, 5.74) is 0. The van der Waals surface area contributed by atoms with Crippen LogP contribution in [0.2, 0.25) is 0 Å². The summed E-state index contributed by atoms with van der Waals surface area (Å²) < 4.78 is 4.69. The van der Waals surface area contributed by atoms with Gasteiger partial charge in [-0.2, -0.15) is 0 Å². The summed E-state index contributed by atoms with van der Waals surface area (Å²) in [5, 5.41) is 9.82. The fourth-order valence-corrected chi connectivity index (χ4v) is 1.47. The molecule has 0 aromatic rings. The highest BCUT2D eigenvalue weighted by molar-refractivity contribution is 5.66. The Balaban J connectivity index is 3.72. The minimum absolute atomic E-state index is 0.0628. The lowest BCUT2D eigenvalue weighted by atomic mass is 9.99. The molecular formula is C14H24O3. The van der Waals surface area contributed by atoms with E-state index in [4.69, 9.17) is 4.74 Å². The average molecular weight is 240 g/mol. The van der Waals surface area contributed by atoms with Gasteiger partial charge in [-0.1, -0.05) is 44.4 Å². The molecule has 0 aromatic heterocycles. The van der Waals surface area contributed by atoms with Crippen LogP contribution in [0.4, 0.5) is 0 Å². The quantitative estimate of drug-likeness (QED) is 0.422. The van der Waals surface area contributed by atoms with E-state index in [2.05, 4.69) is 18.8 Å². The van der Waals surface area contributed by atoms with E-state index in [0.29, 0.717) is 0 Å². The van der Waals surface area contributed by atoms with Crippen LogP contribution in [-0.2, 0) is 9.53 Å². The van der Waals surface area contributed by atoms with Gasteiger partial charge in [0.2, 0.25) is 0 Å². The third-order valence-electron chi connectivity index (χ3n) is 2.61. The third-order valence-corrected chi connectivity index (χ3v) is 2.61. The summed E-state index contributed by atoms with van der Waals surface area (Å²) in [6, 6.07) is 0. The summed E-state index contributed by atoms with van der Waals surface area (Å²) in [6.45, 7) is 5.53. The maximum Gasteiger partial charge on any atom is 0.303 e. The molecule has 0 aliphatic carbocycles. The first-order chi connectivity index (χ1) is 8.07. The predicted molar refractivity (Wildman–Crippen MR) is 68.3 cm³/mol. The molecule has 0 fully saturated rings. The molecule has 0 spiro atoms. The van der Waals surface area contributed by atoms with Gasteiger partial charge in [0.25, 0.3) is 0 Å².